The third kappa shape index (κ3) is 5.25. The molecule has 1 aliphatic heterocycles. The number of nitrogens with one attached hydrogen (secondary N) is 2. The molecule has 0 spiro atoms. The number of hydrogen-bond acceptors (Lipinski definition) is 9. The minimum Gasteiger partial charge on any atom is -0.493 e. The first-order valence-corrected chi connectivity index (χ1v) is 12.8. The Morgan fingerprint density at radius 1 is 1.38 bits per heavy atom. The molecule has 1 aliphatic rings. The van der Waals surface area contributed by atoms with E-state index in [0.29, 0.717) is 36.8 Å². The Balaban J connectivity index is 1.71. The second-order valence-corrected chi connectivity index (χ2v) is 9.62. The van der Waals surface area contributed by atoms with Crippen molar-refractivity contribution < 1.29 is 9.84 Å². The molecule has 3 N–H and O–H groups in total. The van der Waals surface area contributed by atoms with Gasteiger partial charge in [-0.05, 0) is 48.7 Å². The molecule has 0 unspecified atom stereocenters. The number of dihydropyridines is 1. The van der Waals surface area contributed by atoms with Crippen LogP contribution in [0.2, 0.25) is 0 Å². The van der Waals surface area contributed by atoms with Gasteiger partial charge in [0.25, 0.3) is 0 Å². The molecular formula is C25H25N5O2S2. The van der Waals surface area contributed by atoms with E-state index in [-0.39, 0.29) is 6.61 Å². The van der Waals surface area contributed by atoms with Crippen molar-refractivity contribution in [2.75, 3.05) is 31.3 Å². The number of thioether (sulfide) groups is 1. The lowest BCUT2D eigenvalue weighted by atomic mass is 9.98. The molecule has 4 rings (SSSR count). The normalized spacial score (nSPS) is 12.6. The molecule has 0 aliphatic carbocycles. The molecule has 3 aromatic rings. The number of benzene rings is 1. The maximum atomic E-state index is 9.95. The molecular weight excluding hydrogens is 466 g/mol. The number of aliphatic hydroxyl groups is 1. The van der Waals surface area contributed by atoms with Crippen molar-refractivity contribution in [1.82, 2.24) is 15.3 Å². The van der Waals surface area contributed by atoms with Crippen LogP contribution < -0.4 is 15.4 Å². The van der Waals surface area contributed by atoms with Crippen LogP contribution >= 0.6 is 23.1 Å². The van der Waals surface area contributed by atoms with E-state index in [1.807, 2.05) is 55.8 Å². The quantitative estimate of drug-likeness (QED) is 0.280. The highest BCUT2D eigenvalue weighted by Crippen LogP contribution is 2.44. The minimum atomic E-state index is 0.0949. The van der Waals surface area contributed by atoms with Gasteiger partial charge in [0.15, 0.2) is 0 Å². The van der Waals surface area contributed by atoms with Gasteiger partial charge in [0.1, 0.15) is 11.8 Å². The van der Waals surface area contributed by atoms with Crippen LogP contribution in [-0.2, 0) is 0 Å². The Bertz CT molecular complexity index is 1280. The topological polar surface area (TPSA) is 103 Å². The average molecular weight is 492 g/mol. The zero-order valence-electron chi connectivity index (χ0n) is 19.0. The molecule has 1 aromatic carbocycles. The van der Waals surface area contributed by atoms with Crippen molar-refractivity contribution >= 4 is 40.3 Å². The van der Waals surface area contributed by atoms with Gasteiger partial charge in [-0.3, -0.25) is 0 Å². The fraction of sp³-hybridized carbons (Fsp3) is 0.240. The fourth-order valence-corrected chi connectivity index (χ4v) is 5.55. The maximum Gasteiger partial charge on any atom is 0.227 e. The SMILES string of the molecule is CSc1sc(-c2nc(Nc3cccc(OCCCO)c3)ncc2C)c(C2=CC=CNC2)c1C#N. The summed E-state index contributed by atoms with van der Waals surface area (Å²) in [5.41, 5.74) is 5.23. The number of allylic oxidation sites excluding steroid dienone is 2. The zero-order chi connectivity index (χ0) is 23.9. The van der Waals surface area contributed by atoms with E-state index < -0.39 is 0 Å². The first-order valence-electron chi connectivity index (χ1n) is 10.8. The van der Waals surface area contributed by atoms with Crippen molar-refractivity contribution in [2.45, 2.75) is 17.6 Å². The van der Waals surface area contributed by atoms with Crippen LogP contribution in [0.1, 0.15) is 23.1 Å². The molecule has 34 heavy (non-hydrogen) atoms. The summed E-state index contributed by atoms with van der Waals surface area (Å²) in [7, 11) is 0. The van der Waals surface area contributed by atoms with Crippen molar-refractivity contribution in [1.29, 1.82) is 5.26 Å². The summed E-state index contributed by atoms with van der Waals surface area (Å²) in [4.78, 5) is 10.3. The smallest absolute Gasteiger partial charge is 0.227 e. The number of nitriles is 1. The molecule has 0 atom stereocenters. The van der Waals surface area contributed by atoms with Crippen LogP contribution in [0, 0.1) is 18.3 Å². The molecule has 2 aromatic heterocycles. The lowest BCUT2D eigenvalue weighted by molar-refractivity contribution is 0.233. The van der Waals surface area contributed by atoms with E-state index in [1.165, 1.54) is 0 Å². The standard InChI is InChI=1S/C25H25N5O2S2/c1-16-14-28-25(29-18-7-3-8-19(12-18)32-11-5-10-31)30-22(16)23-21(17-6-4-9-27-15-17)20(13-26)24(33-2)34-23/h3-4,6-9,12,14,27,31H,5,10-11,15H2,1-2H3,(H,28,29,30). The fourth-order valence-electron chi connectivity index (χ4n) is 3.54. The van der Waals surface area contributed by atoms with Gasteiger partial charge in [0, 0.05) is 43.1 Å². The number of rotatable bonds is 9. The molecule has 3 heterocycles. The van der Waals surface area contributed by atoms with Crippen LogP contribution in [0.15, 0.2) is 53.0 Å². The summed E-state index contributed by atoms with van der Waals surface area (Å²) < 4.78 is 6.65. The highest BCUT2D eigenvalue weighted by molar-refractivity contribution is 8.00. The van der Waals surface area contributed by atoms with Crippen molar-refractivity contribution in [3.05, 3.63) is 65.5 Å². The summed E-state index contributed by atoms with van der Waals surface area (Å²) in [6.45, 7) is 3.18. The largest absolute Gasteiger partial charge is 0.493 e. The number of aryl methyl sites for hydroxylation is 1. The van der Waals surface area contributed by atoms with E-state index in [4.69, 9.17) is 14.8 Å². The Kier molecular flexibility index (Phi) is 7.85. The molecule has 9 heteroatoms. The number of nitrogens with zero attached hydrogens (tertiary/aromatic N) is 3. The predicted molar refractivity (Wildman–Crippen MR) is 139 cm³/mol. The summed E-state index contributed by atoms with van der Waals surface area (Å²) in [6.07, 6.45) is 10.3. The number of ether oxygens (including phenoxy) is 1. The van der Waals surface area contributed by atoms with E-state index >= 15 is 0 Å². The number of thiophene rings is 1. The predicted octanol–water partition coefficient (Wildman–Crippen LogP) is 5.11. The summed E-state index contributed by atoms with van der Waals surface area (Å²) in [5, 5.41) is 25.4. The monoisotopic (exact) mass is 491 g/mol. The van der Waals surface area contributed by atoms with Crippen LogP contribution in [0.25, 0.3) is 16.1 Å². The second kappa shape index (κ2) is 11.2. The van der Waals surface area contributed by atoms with E-state index in [0.717, 1.165) is 37.2 Å². The van der Waals surface area contributed by atoms with Gasteiger partial charge in [-0.2, -0.15) is 5.26 Å². The molecule has 0 amide bonds. The first-order chi connectivity index (χ1) is 16.6. The molecule has 7 nitrogen and oxygen atoms in total. The van der Waals surface area contributed by atoms with Gasteiger partial charge >= 0.3 is 0 Å². The van der Waals surface area contributed by atoms with Gasteiger partial charge in [-0.1, -0.05) is 12.1 Å². The highest BCUT2D eigenvalue weighted by Gasteiger charge is 2.24. The van der Waals surface area contributed by atoms with E-state index in [2.05, 4.69) is 21.7 Å². The van der Waals surface area contributed by atoms with Crippen molar-refractivity contribution in [2.24, 2.45) is 0 Å². The van der Waals surface area contributed by atoms with E-state index in [1.54, 1.807) is 29.3 Å². The Morgan fingerprint density at radius 3 is 3.00 bits per heavy atom. The molecule has 174 valence electrons. The molecule has 0 saturated carbocycles. The number of anilines is 2. The summed E-state index contributed by atoms with van der Waals surface area (Å²) >= 11 is 3.17. The molecule has 0 fully saturated rings. The highest BCUT2D eigenvalue weighted by atomic mass is 32.2. The van der Waals surface area contributed by atoms with E-state index in [9.17, 15) is 5.26 Å². The second-order valence-electron chi connectivity index (χ2n) is 7.52. The lowest BCUT2D eigenvalue weighted by Crippen LogP contribution is -2.12. The maximum absolute atomic E-state index is 9.95. The summed E-state index contributed by atoms with van der Waals surface area (Å²) in [5.74, 6) is 1.17. The van der Waals surface area contributed by atoms with Crippen molar-refractivity contribution in [3.63, 3.8) is 0 Å². The first kappa shape index (κ1) is 23.8. The van der Waals surface area contributed by atoms with Gasteiger partial charge in [0.05, 0.1) is 27.0 Å². The number of aromatic nitrogens is 2. The Morgan fingerprint density at radius 2 is 2.26 bits per heavy atom. The number of aliphatic hydroxyl groups excluding tert-OH is 1. The van der Waals surface area contributed by atoms with Crippen LogP contribution in [0.5, 0.6) is 5.75 Å². The average Bonchev–Trinajstić information content (AvgIpc) is 3.25. The van der Waals surface area contributed by atoms with Crippen LogP contribution in [0.4, 0.5) is 11.6 Å². The summed E-state index contributed by atoms with van der Waals surface area (Å²) in [6, 6.07) is 9.97. The number of hydrogen-bond donors (Lipinski definition) is 3. The van der Waals surface area contributed by atoms with Gasteiger partial charge in [-0.15, -0.1) is 23.1 Å². The minimum absolute atomic E-state index is 0.0949. The van der Waals surface area contributed by atoms with Crippen LogP contribution in [-0.4, -0.2) is 41.1 Å². The third-order valence-electron chi connectivity index (χ3n) is 5.15. The molecule has 0 saturated heterocycles. The zero-order valence-corrected chi connectivity index (χ0v) is 20.6. The molecule has 0 bridgehead atoms. The van der Waals surface area contributed by atoms with Crippen LogP contribution in [0.3, 0.4) is 0 Å². The third-order valence-corrected chi connectivity index (χ3v) is 7.46. The van der Waals surface area contributed by atoms with Crippen molar-refractivity contribution in [3.8, 4) is 22.4 Å². The lowest BCUT2D eigenvalue weighted by Gasteiger charge is -2.14. The van der Waals surface area contributed by atoms with Gasteiger partial charge < -0.3 is 20.5 Å². The van der Waals surface area contributed by atoms with Gasteiger partial charge in [-0.25, -0.2) is 9.97 Å². The Labute approximate surface area is 207 Å². The Hall–Kier alpha value is -3.32. The molecule has 0 radical (unpaired) electrons. The van der Waals surface area contributed by atoms with Gasteiger partial charge in [0.2, 0.25) is 5.95 Å².